The van der Waals surface area contributed by atoms with Gasteiger partial charge in [0.1, 0.15) is 0 Å². The molecule has 0 aliphatic heterocycles. The highest BCUT2D eigenvalue weighted by atomic mass is 35.5. The van der Waals surface area contributed by atoms with E-state index in [-0.39, 0.29) is 5.97 Å². The lowest BCUT2D eigenvalue weighted by atomic mass is 10.4. The summed E-state index contributed by atoms with van der Waals surface area (Å²) in [5.74, 6) is -1.59. The Bertz CT molecular complexity index is 287. The number of rotatable bonds is 5. The Labute approximate surface area is 119 Å². The van der Waals surface area contributed by atoms with Crippen molar-refractivity contribution in [3.8, 4) is 0 Å². The molecule has 6 heteroatoms. The monoisotopic (exact) mass is 292 g/mol. The highest BCUT2D eigenvalue weighted by Gasteiger charge is 2.03. The minimum Gasteiger partial charge on any atom is -0.502 e. The first-order valence-electron chi connectivity index (χ1n) is 5.41. The summed E-state index contributed by atoms with van der Waals surface area (Å²) in [6.45, 7) is 13.0. The summed E-state index contributed by atoms with van der Waals surface area (Å²) in [5.41, 5.74) is 1.22. The number of hydrogen-bond acceptors (Lipinski definition) is 5. The van der Waals surface area contributed by atoms with Crippen LogP contribution in [-0.4, -0.2) is 23.7 Å². The lowest BCUT2D eigenvalue weighted by Crippen LogP contribution is -2.07. The van der Waals surface area contributed by atoms with Crippen LogP contribution < -0.4 is 0 Å². The highest BCUT2D eigenvalue weighted by molar-refractivity contribution is 6.25. The van der Waals surface area contributed by atoms with E-state index in [0.29, 0.717) is 6.61 Å². The van der Waals surface area contributed by atoms with Crippen LogP contribution in [0.15, 0.2) is 37.3 Å². The van der Waals surface area contributed by atoms with Crippen LogP contribution in [0.1, 0.15) is 26.7 Å². The summed E-state index contributed by atoms with van der Waals surface area (Å²) in [4.78, 5) is 20.2. The van der Waals surface area contributed by atoms with Gasteiger partial charge in [0, 0.05) is 6.92 Å². The molecule has 110 valence electrons. The second-order valence-electron chi connectivity index (χ2n) is 2.87. The molecule has 0 aromatic carbocycles. The van der Waals surface area contributed by atoms with Gasteiger partial charge >= 0.3 is 11.9 Å². The Morgan fingerprint density at radius 2 is 1.84 bits per heavy atom. The number of carbonyl (C=O) groups is 2. The van der Waals surface area contributed by atoms with Crippen LogP contribution >= 0.6 is 11.6 Å². The zero-order valence-electron chi connectivity index (χ0n) is 11.4. The largest absolute Gasteiger partial charge is 0.502 e. The summed E-state index contributed by atoms with van der Waals surface area (Å²) in [6, 6.07) is 0. The molecule has 0 aliphatic carbocycles. The zero-order valence-corrected chi connectivity index (χ0v) is 12.1. The molecule has 0 bridgehead atoms. The third-order valence-electron chi connectivity index (χ3n) is 1.22. The Morgan fingerprint density at radius 3 is 2.05 bits per heavy atom. The van der Waals surface area contributed by atoms with Gasteiger partial charge in [0.2, 0.25) is 0 Å². The van der Waals surface area contributed by atoms with E-state index in [2.05, 4.69) is 29.2 Å². The normalized spacial score (nSPS) is 7.53. The van der Waals surface area contributed by atoms with Gasteiger partial charge in [-0.25, -0.2) is 4.79 Å². The number of unbranched alkanes of at least 4 members (excludes halogenated alkanes) is 1. The molecule has 0 aliphatic rings. The first-order chi connectivity index (χ1) is 8.87. The standard InChI is InChI=1S/C7H12O3.C4H6O2.C2H3Cl/c1-3-4-5-10-7(9)6(2)8;1-3-6-4(2)5;1-2-3/h8H,2-5H2,1H3;3H,1H2,2H3;2H,1H2. The van der Waals surface area contributed by atoms with Crippen molar-refractivity contribution in [3.05, 3.63) is 37.3 Å². The van der Waals surface area contributed by atoms with Crippen LogP contribution in [0, 0.1) is 0 Å². The number of aliphatic hydroxyl groups is 1. The van der Waals surface area contributed by atoms with Gasteiger partial charge in [0.25, 0.3) is 0 Å². The molecule has 0 saturated carbocycles. The Balaban J connectivity index is -0.000000242. The minimum absolute atomic E-state index is 0.329. The molecule has 0 rings (SSSR count). The molecular weight excluding hydrogens is 272 g/mol. The van der Waals surface area contributed by atoms with Gasteiger partial charge in [0.05, 0.1) is 12.9 Å². The summed E-state index contributed by atoms with van der Waals surface area (Å²) < 4.78 is 8.72. The molecule has 5 nitrogen and oxygen atoms in total. The van der Waals surface area contributed by atoms with Crippen molar-refractivity contribution in [2.45, 2.75) is 26.7 Å². The van der Waals surface area contributed by atoms with Crippen molar-refractivity contribution >= 4 is 23.5 Å². The molecular formula is C13H21ClO5. The van der Waals surface area contributed by atoms with E-state index in [0.717, 1.165) is 19.1 Å². The summed E-state index contributed by atoms with van der Waals surface area (Å²) in [7, 11) is 0. The second kappa shape index (κ2) is 18.6. The number of carbonyl (C=O) groups excluding carboxylic acids is 2. The minimum atomic E-state index is -0.728. The third-order valence-corrected chi connectivity index (χ3v) is 1.22. The van der Waals surface area contributed by atoms with E-state index in [1.807, 2.05) is 6.92 Å². The van der Waals surface area contributed by atoms with Gasteiger partial charge < -0.3 is 14.6 Å². The summed E-state index contributed by atoms with van der Waals surface area (Å²) >= 11 is 4.76. The fourth-order valence-corrected chi connectivity index (χ4v) is 0.510. The molecule has 0 aromatic rings. The van der Waals surface area contributed by atoms with Crippen LogP contribution in [0.25, 0.3) is 0 Å². The second-order valence-corrected chi connectivity index (χ2v) is 3.18. The molecule has 0 unspecified atom stereocenters. The quantitative estimate of drug-likeness (QED) is 0.363. The van der Waals surface area contributed by atoms with Gasteiger partial charge in [-0.05, 0) is 18.5 Å². The first kappa shape index (κ1) is 22.4. The van der Waals surface area contributed by atoms with E-state index < -0.39 is 11.7 Å². The fourth-order valence-electron chi connectivity index (χ4n) is 0.510. The SMILES string of the molecule is C=C(O)C(=O)OCCCC.C=CCl.C=COC(C)=O. The molecule has 0 aromatic heterocycles. The van der Waals surface area contributed by atoms with E-state index in [1.165, 1.54) is 12.5 Å². The van der Waals surface area contributed by atoms with Gasteiger partial charge in [0.15, 0.2) is 5.76 Å². The maximum Gasteiger partial charge on any atom is 0.372 e. The topological polar surface area (TPSA) is 72.8 Å². The van der Waals surface area contributed by atoms with Crippen molar-refractivity contribution in [2.75, 3.05) is 6.61 Å². The Kier molecular flexibility index (Phi) is 22.0. The van der Waals surface area contributed by atoms with Crippen LogP contribution in [0.5, 0.6) is 0 Å². The van der Waals surface area contributed by atoms with E-state index in [9.17, 15) is 9.59 Å². The smallest absolute Gasteiger partial charge is 0.372 e. The number of esters is 2. The van der Waals surface area contributed by atoms with Gasteiger partial charge in [-0.15, -0.1) is 0 Å². The first-order valence-corrected chi connectivity index (χ1v) is 5.85. The van der Waals surface area contributed by atoms with Crippen LogP contribution in [0.3, 0.4) is 0 Å². The predicted octanol–water partition coefficient (Wildman–Crippen LogP) is 3.46. The molecule has 0 amide bonds. The summed E-state index contributed by atoms with van der Waals surface area (Å²) in [5, 5.41) is 8.45. The fraction of sp³-hybridized carbons (Fsp3) is 0.385. The lowest BCUT2D eigenvalue weighted by Gasteiger charge is -2.00. The van der Waals surface area contributed by atoms with E-state index >= 15 is 0 Å². The van der Waals surface area contributed by atoms with Crippen LogP contribution in [-0.2, 0) is 19.1 Å². The molecule has 1 N–H and O–H groups in total. The average molecular weight is 293 g/mol. The third kappa shape index (κ3) is 31.4. The van der Waals surface area contributed by atoms with Crippen LogP contribution in [0.2, 0.25) is 0 Å². The molecule has 0 radical (unpaired) electrons. The molecule has 0 spiro atoms. The number of halogens is 1. The van der Waals surface area contributed by atoms with Crippen molar-refractivity contribution < 1.29 is 24.2 Å². The average Bonchev–Trinajstić information content (AvgIpc) is 2.30. The van der Waals surface area contributed by atoms with Crippen molar-refractivity contribution in [1.29, 1.82) is 0 Å². The maximum absolute atomic E-state index is 10.4. The molecule has 0 fully saturated rings. The molecule has 0 heterocycles. The van der Waals surface area contributed by atoms with Crippen molar-refractivity contribution in [3.63, 3.8) is 0 Å². The number of hydrogen-bond donors (Lipinski definition) is 1. The maximum atomic E-state index is 10.4. The van der Waals surface area contributed by atoms with Crippen LogP contribution in [0.4, 0.5) is 0 Å². The van der Waals surface area contributed by atoms with Gasteiger partial charge in [-0.3, -0.25) is 4.79 Å². The Hall–Kier alpha value is -1.75. The number of ether oxygens (including phenoxy) is 2. The Morgan fingerprint density at radius 1 is 1.37 bits per heavy atom. The molecule has 19 heavy (non-hydrogen) atoms. The zero-order chi connectivity index (χ0) is 15.7. The van der Waals surface area contributed by atoms with Gasteiger partial charge in [-0.1, -0.05) is 38.1 Å². The molecule has 0 atom stereocenters. The molecule has 0 saturated heterocycles. The van der Waals surface area contributed by atoms with Gasteiger partial charge in [-0.2, -0.15) is 0 Å². The predicted molar refractivity (Wildman–Crippen MR) is 75.6 cm³/mol. The van der Waals surface area contributed by atoms with E-state index in [1.54, 1.807) is 0 Å². The highest BCUT2D eigenvalue weighted by Crippen LogP contribution is 1.92. The lowest BCUT2D eigenvalue weighted by molar-refractivity contribution is -0.142. The van der Waals surface area contributed by atoms with E-state index in [4.69, 9.17) is 16.7 Å². The number of aliphatic hydroxyl groups excluding tert-OH is 1. The van der Waals surface area contributed by atoms with Crippen molar-refractivity contribution in [1.82, 2.24) is 0 Å². The summed E-state index contributed by atoms with van der Waals surface area (Å²) in [6.07, 6.45) is 2.88. The van der Waals surface area contributed by atoms with Crippen molar-refractivity contribution in [2.24, 2.45) is 0 Å².